The van der Waals surface area contributed by atoms with Gasteiger partial charge in [0.2, 0.25) is 5.91 Å². The van der Waals surface area contributed by atoms with E-state index in [1.165, 1.54) is 11.8 Å². The predicted octanol–water partition coefficient (Wildman–Crippen LogP) is 4.63. The maximum atomic E-state index is 12.2. The number of carbonyl (C=O) groups is 1. The van der Waals surface area contributed by atoms with Crippen LogP contribution in [0.3, 0.4) is 0 Å². The number of aromatic nitrogens is 3. The van der Waals surface area contributed by atoms with E-state index in [0.29, 0.717) is 5.75 Å². The Balaban J connectivity index is 1.70. The highest BCUT2D eigenvalue weighted by molar-refractivity contribution is 7.99. The smallest absolute Gasteiger partial charge is 0.234 e. The highest BCUT2D eigenvalue weighted by atomic mass is 32.2. The first-order valence-corrected chi connectivity index (χ1v) is 9.89. The molecule has 0 saturated carbocycles. The number of hydrogen-bond donors (Lipinski definition) is 1. The summed E-state index contributed by atoms with van der Waals surface area (Å²) in [6, 6.07) is 12.0. The van der Waals surface area contributed by atoms with Crippen molar-refractivity contribution >= 4 is 34.7 Å². The molecule has 7 heteroatoms. The van der Waals surface area contributed by atoms with Crippen LogP contribution in [0.4, 0.5) is 5.69 Å². The number of hydrogen-bond acceptors (Lipinski definition) is 5. The van der Waals surface area contributed by atoms with Crippen LogP contribution in [-0.2, 0) is 4.79 Å². The molecule has 3 aromatic rings. The van der Waals surface area contributed by atoms with Crippen molar-refractivity contribution in [2.45, 2.75) is 32.0 Å². The number of benzene rings is 1. The van der Waals surface area contributed by atoms with E-state index < -0.39 is 0 Å². The average molecular weight is 373 g/mol. The van der Waals surface area contributed by atoms with Gasteiger partial charge in [-0.15, -0.1) is 21.5 Å². The Morgan fingerprint density at radius 3 is 2.80 bits per heavy atom. The summed E-state index contributed by atoms with van der Waals surface area (Å²) in [5.41, 5.74) is 1.93. The number of amides is 1. The molecule has 0 atom stereocenters. The SMILES string of the molecule is Cc1cccc(NC(=O)CSc2nnc(-c3cccs3)n2C(C)C)c1. The minimum Gasteiger partial charge on any atom is -0.325 e. The second kappa shape index (κ2) is 7.84. The van der Waals surface area contributed by atoms with Gasteiger partial charge >= 0.3 is 0 Å². The summed E-state index contributed by atoms with van der Waals surface area (Å²) >= 11 is 3.04. The molecule has 0 aliphatic heterocycles. The summed E-state index contributed by atoms with van der Waals surface area (Å²) in [4.78, 5) is 13.3. The third kappa shape index (κ3) is 4.29. The summed E-state index contributed by atoms with van der Waals surface area (Å²) in [7, 11) is 0. The van der Waals surface area contributed by atoms with Crippen LogP contribution in [0.1, 0.15) is 25.5 Å². The van der Waals surface area contributed by atoms with Crippen molar-refractivity contribution in [1.29, 1.82) is 0 Å². The van der Waals surface area contributed by atoms with Crippen molar-refractivity contribution in [3.05, 3.63) is 47.3 Å². The fraction of sp³-hybridized carbons (Fsp3) is 0.278. The molecule has 1 amide bonds. The molecule has 0 aliphatic rings. The van der Waals surface area contributed by atoms with Crippen LogP contribution < -0.4 is 5.32 Å². The summed E-state index contributed by atoms with van der Waals surface area (Å²) in [5, 5.41) is 14.3. The highest BCUT2D eigenvalue weighted by Crippen LogP contribution is 2.30. The van der Waals surface area contributed by atoms with Gasteiger partial charge < -0.3 is 5.32 Å². The van der Waals surface area contributed by atoms with Crippen LogP contribution in [0.2, 0.25) is 0 Å². The molecular formula is C18H20N4OS2. The first kappa shape index (κ1) is 17.7. The molecule has 0 fully saturated rings. The lowest BCUT2D eigenvalue weighted by Crippen LogP contribution is -2.15. The Labute approximate surface area is 155 Å². The van der Waals surface area contributed by atoms with E-state index in [4.69, 9.17) is 0 Å². The molecule has 3 rings (SSSR count). The Kier molecular flexibility index (Phi) is 5.55. The van der Waals surface area contributed by atoms with Gasteiger partial charge in [-0.05, 0) is 49.9 Å². The molecule has 2 heterocycles. The van der Waals surface area contributed by atoms with Crippen LogP contribution in [0.5, 0.6) is 0 Å². The van der Waals surface area contributed by atoms with Crippen LogP contribution in [-0.4, -0.2) is 26.4 Å². The van der Waals surface area contributed by atoms with Gasteiger partial charge in [-0.3, -0.25) is 9.36 Å². The molecule has 1 N–H and O–H groups in total. The van der Waals surface area contributed by atoms with Gasteiger partial charge in [0, 0.05) is 11.7 Å². The number of nitrogens with one attached hydrogen (secondary N) is 1. The molecule has 0 saturated heterocycles. The Morgan fingerprint density at radius 2 is 2.12 bits per heavy atom. The molecule has 1 aromatic carbocycles. The Bertz CT molecular complexity index is 856. The quantitative estimate of drug-likeness (QED) is 0.641. The van der Waals surface area contributed by atoms with Crippen LogP contribution in [0.25, 0.3) is 10.7 Å². The van der Waals surface area contributed by atoms with Crippen LogP contribution >= 0.6 is 23.1 Å². The van der Waals surface area contributed by atoms with E-state index in [1.54, 1.807) is 11.3 Å². The van der Waals surface area contributed by atoms with Gasteiger partial charge in [0.05, 0.1) is 10.6 Å². The lowest BCUT2D eigenvalue weighted by molar-refractivity contribution is -0.113. The van der Waals surface area contributed by atoms with Crippen molar-refractivity contribution in [1.82, 2.24) is 14.8 Å². The zero-order valence-corrected chi connectivity index (χ0v) is 16.0. The lowest BCUT2D eigenvalue weighted by Gasteiger charge is -2.13. The van der Waals surface area contributed by atoms with Gasteiger partial charge in [0.1, 0.15) is 0 Å². The minimum atomic E-state index is -0.0495. The first-order chi connectivity index (χ1) is 12.0. The van der Waals surface area contributed by atoms with Gasteiger partial charge in [0.15, 0.2) is 11.0 Å². The van der Waals surface area contributed by atoms with E-state index >= 15 is 0 Å². The third-order valence-corrected chi connectivity index (χ3v) is 5.37. The summed E-state index contributed by atoms with van der Waals surface area (Å²) in [5.74, 6) is 1.10. The minimum absolute atomic E-state index is 0.0495. The molecule has 2 aromatic heterocycles. The summed E-state index contributed by atoms with van der Waals surface area (Å²) in [6.07, 6.45) is 0. The number of nitrogens with zero attached hydrogens (tertiary/aromatic N) is 3. The molecule has 0 bridgehead atoms. The van der Waals surface area contributed by atoms with E-state index in [-0.39, 0.29) is 11.9 Å². The van der Waals surface area contributed by atoms with Gasteiger partial charge in [-0.1, -0.05) is 30.0 Å². The first-order valence-electron chi connectivity index (χ1n) is 8.02. The predicted molar refractivity (Wildman–Crippen MR) is 104 cm³/mol. The molecule has 0 radical (unpaired) electrons. The number of rotatable bonds is 6. The van der Waals surface area contributed by atoms with E-state index in [0.717, 1.165) is 27.1 Å². The maximum Gasteiger partial charge on any atom is 0.234 e. The number of aryl methyl sites for hydroxylation is 1. The molecule has 0 aliphatic carbocycles. The monoisotopic (exact) mass is 372 g/mol. The van der Waals surface area contributed by atoms with Gasteiger partial charge in [-0.2, -0.15) is 0 Å². The highest BCUT2D eigenvalue weighted by Gasteiger charge is 2.18. The van der Waals surface area contributed by atoms with Crippen molar-refractivity contribution in [2.75, 3.05) is 11.1 Å². The van der Waals surface area contributed by atoms with E-state index in [2.05, 4.69) is 33.9 Å². The third-order valence-electron chi connectivity index (χ3n) is 3.56. The van der Waals surface area contributed by atoms with Crippen molar-refractivity contribution in [3.8, 4) is 10.7 Å². The molecule has 130 valence electrons. The van der Waals surface area contributed by atoms with Crippen molar-refractivity contribution in [2.24, 2.45) is 0 Å². The number of thioether (sulfide) groups is 1. The van der Waals surface area contributed by atoms with Crippen LogP contribution in [0.15, 0.2) is 46.9 Å². The van der Waals surface area contributed by atoms with E-state index in [9.17, 15) is 4.79 Å². The largest absolute Gasteiger partial charge is 0.325 e. The number of thiophene rings is 1. The van der Waals surface area contributed by atoms with Crippen molar-refractivity contribution < 1.29 is 4.79 Å². The number of carbonyl (C=O) groups excluding carboxylic acids is 1. The normalized spacial score (nSPS) is 11.0. The Hall–Kier alpha value is -2.12. The Morgan fingerprint density at radius 1 is 1.28 bits per heavy atom. The second-order valence-electron chi connectivity index (χ2n) is 5.95. The topological polar surface area (TPSA) is 59.8 Å². The van der Waals surface area contributed by atoms with Gasteiger partial charge in [-0.25, -0.2) is 0 Å². The molecule has 0 unspecified atom stereocenters. The molecular weight excluding hydrogens is 352 g/mol. The molecule has 25 heavy (non-hydrogen) atoms. The number of anilines is 1. The summed E-state index contributed by atoms with van der Waals surface area (Å²) in [6.45, 7) is 6.19. The van der Waals surface area contributed by atoms with Gasteiger partial charge in [0.25, 0.3) is 0 Å². The lowest BCUT2D eigenvalue weighted by atomic mass is 10.2. The zero-order valence-electron chi connectivity index (χ0n) is 14.4. The fourth-order valence-corrected chi connectivity index (χ4v) is 4.04. The molecule has 5 nitrogen and oxygen atoms in total. The van der Waals surface area contributed by atoms with Crippen LogP contribution in [0, 0.1) is 6.92 Å². The van der Waals surface area contributed by atoms with E-state index in [1.807, 2.05) is 48.7 Å². The average Bonchev–Trinajstić information content (AvgIpc) is 3.22. The fourth-order valence-electron chi connectivity index (χ4n) is 2.46. The standard InChI is InChI=1S/C18H20N4OS2/c1-12(2)22-17(15-8-5-9-24-15)20-21-18(22)25-11-16(23)19-14-7-4-6-13(3)10-14/h4-10,12H,11H2,1-3H3,(H,19,23). The molecule has 0 spiro atoms. The van der Waals surface area contributed by atoms with Crippen molar-refractivity contribution in [3.63, 3.8) is 0 Å². The summed E-state index contributed by atoms with van der Waals surface area (Å²) < 4.78 is 2.08. The second-order valence-corrected chi connectivity index (χ2v) is 7.84. The zero-order chi connectivity index (χ0) is 17.8. The maximum absolute atomic E-state index is 12.2.